The van der Waals surface area contributed by atoms with E-state index in [0.29, 0.717) is 17.3 Å². The Bertz CT molecular complexity index is 661. The molecule has 2 N–H and O–H groups in total. The molecule has 0 radical (unpaired) electrons. The van der Waals surface area contributed by atoms with Gasteiger partial charge in [-0.1, -0.05) is 11.8 Å². The normalized spacial score (nSPS) is 11.1. The van der Waals surface area contributed by atoms with Gasteiger partial charge in [0.2, 0.25) is 0 Å². The molecule has 2 rings (SSSR count). The number of hydrogen-bond donors (Lipinski definition) is 1. The average molecular weight is 423 g/mol. The van der Waals surface area contributed by atoms with Crippen LogP contribution in [0.1, 0.15) is 5.82 Å². The van der Waals surface area contributed by atoms with E-state index in [0.717, 1.165) is 0 Å². The van der Waals surface area contributed by atoms with Crippen molar-refractivity contribution in [3.05, 3.63) is 30.1 Å². The van der Waals surface area contributed by atoms with Gasteiger partial charge in [-0.3, -0.25) is 0 Å². The summed E-state index contributed by atoms with van der Waals surface area (Å²) in [6.07, 6.45) is 3.26. The Morgan fingerprint density at radius 3 is 2.71 bits per heavy atom. The van der Waals surface area contributed by atoms with Crippen molar-refractivity contribution in [2.24, 2.45) is 10.7 Å². The Hall–Kier alpha value is -1.36. The summed E-state index contributed by atoms with van der Waals surface area (Å²) in [6.45, 7) is 1.75. The molecule has 0 fully saturated rings. The van der Waals surface area contributed by atoms with Crippen LogP contribution in [0.25, 0.3) is 5.69 Å². The number of thioether (sulfide) groups is 1. The monoisotopic (exact) mass is 423 g/mol. The Labute approximate surface area is 143 Å². The van der Waals surface area contributed by atoms with Gasteiger partial charge in [0.15, 0.2) is 11.0 Å². The summed E-state index contributed by atoms with van der Waals surface area (Å²) in [5, 5.41) is 4.41. The zero-order chi connectivity index (χ0) is 14.7. The Morgan fingerprint density at radius 2 is 2.19 bits per heavy atom. The molecule has 21 heavy (non-hydrogen) atoms. The van der Waals surface area contributed by atoms with Crippen LogP contribution < -0.4 is 10.5 Å². The lowest BCUT2D eigenvalue weighted by Crippen LogP contribution is -2.05. The van der Waals surface area contributed by atoms with Crippen molar-refractivity contribution in [1.82, 2.24) is 14.8 Å². The number of rotatable bonds is 3. The Morgan fingerprint density at radius 1 is 1.48 bits per heavy atom. The van der Waals surface area contributed by atoms with Gasteiger partial charge in [-0.15, -0.1) is 24.0 Å². The smallest absolute Gasteiger partial charge is 0.159 e. The van der Waals surface area contributed by atoms with Crippen molar-refractivity contribution in [3.8, 4) is 11.4 Å². The van der Waals surface area contributed by atoms with Crippen molar-refractivity contribution in [2.45, 2.75) is 6.92 Å². The lowest BCUT2D eigenvalue weighted by atomic mass is 10.2. The highest BCUT2D eigenvalue weighted by molar-refractivity contribution is 14.0. The fourth-order valence-electron chi connectivity index (χ4n) is 1.59. The topological polar surface area (TPSA) is 78.3 Å². The van der Waals surface area contributed by atoms with Crippen molar-refractivity contribution in [3.63, 3.8) is 0 Å². The van der Waals surface area contributed by atoms with E-state index < -0.39 is 5.82 Å². The second kappa shape index (κ2) is 7.59. The predicted octanol–water partition coefficient (Wildman–Crippen LogP) is 2.65. The molecule has 0 aliphatic carbocycles. The van der Waals surface area contributed by atoms with E-state index in [9.17, 15) is 4.39 Å². The van der Waals surface area contributed by atoms with Crippen LogP contribution in [0.5, 0.6) is 5.75 Å². The maximum absolute atomic E-state index is 14.1. The van der Waals surface area contributed by atoms with E-state index in [4.69, 9.17) is 10.5 Å². The number of methoxy groups -OCH3 is 1. The maximum Gasteiger partial charge on any atom is 0.159 e. The van der Waals surface area contributed by atoms with Crippen LogP contribution in [0.3, 0.4) is 0 Å². The number of hydrogen-bond acceptors (Lipinski definition) is 5. The number of ether oxygens (including phenoxy) is 1. The molecule has 0 amide bonds. The number of halogens is 2. The molecule has 0 aliphatic heterocycles. The van der Waals surface area contributed by atoms with Gasteiger partial charge in [0, 0.05) is 12.1 Å². The standard InChI is InChI=1S/C12H14FN5OS.HI/c1-7-15-6-18(17-7)10-4-8(13)9(5-11(10)19-2)16-12(14)20-3;/h4-6H,1-3H3,(H2,14,16);1H. The molecule has 0 saturated carbocycles. The number of nitrogens with two attached hydrogens (primary N) is 1. The van der Waals surface area contributed by atoms with Gasteiger partial charge in [0.05, 0.1) is 7.11 Å². The fourth-order valence-corrected chi connectivity index (χ4v) is 1.78. The number of aliphatic imine (C=N–C) groups is 1. The molecular weight excluding hydrogens is 408 g/mol. The molecule has 1 heterocycles. The highest BCUT2D eigenvalue weighted by atomic mass is 127. The molecule has 1 aromatic heterocycles. The summed E-state index contributed by atoms with van der Waals surface area (Å²) < 4.78 is 20.8. The van der Waals surface area contributed by atoms with Gasteiger partial charge in [0.25, 0.3) is 0 Å². The molecule has 114 valence electrons. The van der Waals surface area contributed by atoms with Crippen molar-refractivity contribution in [2.75, 3.05) is 13.4 Å². The summed E-state index contributed by atoms with van der Waals surface area (Å²) >= 11 is 1.24. The van der Waals surface area contributed by atoms with Gasteiger partial charge in [0.1, 0.15) is 29.3 Å². The zero-order valence-electron chi connectivity index (χ0n) is 11.7. The van der Waals surface area contributed by atoms with Crippen LogP contribution >= 0.6 is 35.7 Å². The quantitative estimate of drug-likeness (QED) is 0.467. The maximum atomic E-state index is 14.1. The molecule has 2 aromatic rings. The molecule has 0 unspecified atom stereocenters. The van der Waals surface area contributed by atoms with Crippen molar-refractivity contribution >= 4 is 46.6 Å². The van der Waals surface area contributed by atoms with Crippen LogP contribution in [0.2, 0.25) is 0 Å². The second-order valence-electron chi connectivity index (χ2n) is 3.87. The third-order valence-corrected chi connectivity index (χ3v) is 3.05. The van der Waals surface area contributed by atoms with Crippen LogP contribution in [-0.2, 0) is 0 Å². The summed E-state index contributed by atoms with van der Waals surface area (Å²) in [5.41, 5.74) is 6.17. The van der Waals surface area contributed by atoms with Gasteiger partial charge in [-0.05, 0) is 13.2 Å². The van der Waals surface area contributed by atoms with Gasteiger partial charge in [-0.2, -0.15) is 5.10 Å². The Kier molecular flexibility index (Phi) is 6.40. The lowest BCUT2D eigenvalue weighted by molar-refractivity contribution is 0.410. The first-order valence-electron chi connectivity index (χ1n) is 5.69. The van der Waals surface area contributed by atoms with E-state index in [2.05, 4.69) is 15.1 Å². The summed E-state index contributed by atoms with van der Waals surface area (Å²) in [7, 11) is 1.49. The van der Waals surface area contributed by atoms with Crippen LogP contribution in [-0.4, -0.2) is 33.3 Å². The third-order valence-electron chi connectivity index (χ3n) is 2.54. The van der Waals surface area contributed by atoms with Crippen LogP contribution in [0, 0.1) is 12.7 Å². The van der Waals surface area contributed by atoms with Gasteiger partial charge in [-0.25, -0.2) is 19.0 Å². The molecule has 0 saturated heterocycles. The lowest BCUT2D eigenvalue weighted by Gasteiger charge is -2.10. The van der Waals surface area contributed by atoms with E-state index in [1.807, 2.05) is 0 Å². The molecular formula is C12H15FIN5OS. The molecule has 9 heteroatoms. The SMILES string of the molecule is COc1cc(N=C(N)SC)c(F)cc1-n1cnc(C)n1.I. The van der Waals surface area contributed by atoms with E-state index >= 15 is 0 Å². The van der Waals surface area contributed by atoms with E-state index in [-0.39, 0.29) is 34.8 Å². The first-order valence-corrected chi connectivity index (χ1v) is 6.92. The number of aromatic nitrogens is 3. The Balaban J connectivity index is 0.00000220. The predicted molar refractivity (Wildman–Crippen MR) is 92.8 cm³/mol. The minimum absolute atomic E-state index is 0. The van der Waals surface area contributed by atoms with Gasteiger partial charge >= 0.3 is 0 Å². The fraction of sp³-hybridized carbons (Fsp3) is 0.250. The molecule has 0 spiro atoms. The van der Waals surface area contributed by atoms with Crippen molar-refractivity contribution < 1.29 is 9.13 Å². The summed E-state index contributed by atoms with van der Waals surface area (Å²) in [6, 6.07) is 2.77. The summed E-state index contributed by atoms with van der Waals surface area (Å²) in [5.74, 6) is 0.510. The van der Waals surface area contributed by atoms with Crippen LogP contribution in [0.4, 0.5) is 10.1 Å². The van der Waals surface area contributed by atoms with E-state index in [1.165, 1.54) is 42.0 Å². The van der Waals surface area contributed by atoms with Crippen LogP contribution in [0.15, 0.2) is 23.5 Å². The average Bonchev–Trinajstić information content (AvgIpc) is 2.86. The third kappa shape index (κ3) is 4.06. The molecule has 6 nitrogen and oxygen atoms in total. The highest BCUT2D eigenvalue weighted by Gasteiger charge is 2.13. The van der Waals surface area contributed by atoms with Gasteiger partial charge < -0.3 is 10.5 Å². The minimum Gasteiger partial charge on any atom is -0.494 e. The van der Waals surface area contributed by atoms with E-state index in [1.54, 1.807) is 13.2 Å². The molecule has 0 atom stereocenters. The summed E-state index contributed by atoms with van der Waals surface area (Å²) in [4.78, 5) is 7.99. The number of aryl methyl sites for hydroxylation is 1. The number of amidine groups is 1. The van der Waals surface area contributed by atoms with Crippen molar-refractivity contribution in [1.29, 1.82) is 0 Å². The number of nitrogens with zero attached hydrogens (tertiary/aromatic N) is 4. The first-order chi connectivity index (χ1) is 9.55. The zero-order valence-corrected chi connectivity index (χ0v) is 14.8. The second-order valence-corrected chi connectivity index (χ2v) is 4.69. The molecule has 0 bridgehead atoms. The highest BCUT2D eigenvalue weighted by Crippen LogP contribution is 2.31. The largest absolute Gasteiger partial charge is 0.494 e. The first kappa shape index (κ1) is 17.7. The molecule has 1 aromatic carbocycles. The minimum atomic E-state index is -0.508. The molecule has 0 aliphatic rings. The number of benzene rings is 1.